The summed E-state index contributed by atoms with van der Waals surface area (Å²) in [6, 6.07) is 0.503. The minimum Gasteiger partial charge on any atom is -0.360 e. The molecular weight excluding hydrogens is 342 g/mol. The molecule has 6 nitrogen and oxygen atoms in total. The van der Waals surface area contributed by atoms with Crippen LogP contribution >= 0.6 is 0 Å². The highest BCUT2D eigenvalue weighted by atomic mass is 16.5. The summed E-state index contributed by atoms with van der Waals surface area (Å²) in [5, 5.41) is 0. The number of ether oxygens (including phenoxy) is 1. The van der Waals surface area contributed by atoms with E-state index in [2.05, 4.69) is 4.90 Å². The molecule has 0 saturated carbocycles. The van der Waals surface area contributed by atoms with Crippen molar-refractivity contribution in [2.75, 3.05) is 32.7 Å². The van der Waals surface area contributed by atoms with E-state index in [9.17, 15) is 9.59 Å². The predicted octanol–water partition coefficient (Wildman–Crippen LogP) is 1.26. The molecule has 2 bridgehead atoms. The summed E-state index contributed by atoms with van der Waals surface area (Å²) >= 11 is 0. The van der Waals surface area contributed by atoms with Crippen LogP contribution in [0.25, 0.3) is 0 Å². The molecule has 4 fully saturated rings. The van der Waals surface area contributed by atoms with Gasteiger partial charge < -0.3 is 14.5 Å². The molecule has 0 aromatic carbocycles. The van der Waals surface area contributed by atoms with Gasteiger partial charge in [0, 0.05) is 24.7 Å². The Morgan fingerprint density at radius 1 is 1.19 bits per heavy atom. The number of hydrogen-bond acceptors (Lipinski definition) is 4. The smallest absolute Gasteiger partial charge is 0.230 e. The fraction of sp³-hybridized carbons (Fsp3) is 0.810. The molecule has 0 aliphatic carbocycles. The molecule has 5 aliphatic heterocycles. The largest absolute Gasteiger partial charge is 0.360 e. The van der Waals surface area contributed by atoms with Gasteiger partial charge in [0.25, 0.3) is 0 Å². The Kier molecular flexibility index (Phi) is 3.80. The van der Waals surface area contributed by atoms with Crippen molar-refractivity contribution in [2.45, 2.75) is 63.3 Å². The Labute approximate surface area is 161 Å². The Balaban J connectivity index is 1.31. The van der Waals surface area contributed by atoms with Crippen LogP contribution < -0.4 is 0 Å². The first-order valence-electron chi connectivity index (χ1n) is 10.5. The number of nitrogens with zero attached hydrogens (tertiary/aromatic N) is 3. The molecule has 148 valence electrons. The zero-order valence-corrected chi connectivity index (χ0v) is 16.7. The molecule has 0 radical (unpaired) electrons. The minimum absolute atomic E-state index is 0.0841. The molecule has 5 rings (SSSR count). The predicted molar refractivity (Wildman–Crippen MR) is 101 cm³/mol. The number of hydrogen-bond donors (Lipinski definition) is 0. The van der Waals surface area contributed by atoms with Crippen LogP contribution in [0.4, 0.5) is 0 Å². The van der Waals surface area contributed by atoms with Crippen molar-refractivity contribution >= 4 is 11.8 Å². The van der Waals surface area contributed by atoms with Crippen LogP contribution in [0.1, 0.15) is 40.0 Å². The molecule has 4 saturated heterocycles. The third-order valence-corrected chi connectivity index (χ3v) is 7.28. The van der Waals surface area contributed by atoms with Crippen LogP contribution in [-0.2, 0) is 14.3 Å². The lowest BCUT2D eigenvalue weighted by Gasteiger charge is -2.48. The van der Waals surface area contributed by atoms with E-state index in [1.165, 1.54) is 19.3 Å². The second kappa shape index (κ2) is 5.80. The van der Waals surface area contributed by atoms with E-state index in [-0.39, 0.29) is 35.3 Å². The van der Waals surface area contributed by atoms with Crippen LogP contribution in [0.2, 0.25) is 0 Å². The maximum atomic E-state index is 13.3. The van der Waals surface area contributed by atoms with Crippen molar-refractivity contribution < 1.29 is 14.3 Å². The van der Waals surface area contributed by atoms with Gasteiger partial charge in [-0.05, 0) is 46.7 Å². The number of likely N-dealkylation sites (tertiary alicyclic amines) is 3. The van der Waals surface area contributed by atoms with Gasteiger partial charge in [-0.25, -0.2) is 0 Å². The van der Waals surface area contributed by atoms with Gasteiger partial charge in [-0.1, -0.05) is 18.6 Å². The molecule has 0 unspecified atom stereocenters. The molecule has 4 atom stereocenters. The van der Waals surface area contributed by atoms with Crippen molar-refractivity contribution in [3.05, 3.63) is 12.2 Å². The number of rotatable bonds is 2. The van der Waals surface area contributed by atoms with Crippen molar-refractivity contribution in [1.82, 2.24) is 14.7 Å². The standard InChI is InChI=1S/C21H31N3O3/c1-20(2,3)24-13-21-8-7-15(27-21)16(17(21)19(24)26)18(25)23-11-14(12-23)22-9-5-4-6-10-22/h7-8,14-17H,4-6,9-13H2,1-3H3/t15-,16+,17-,21-/m0/s1. The summed E-state index contributed by atoms with van der Waals surface area (Å²) in [5.41, 5.74) is -0.846. The third kappa shape index (κ3) is 2.52. The Hall–Kier alpha value is -1.40. The average molecular weight is 373 g/mol. The first-order chi connectivity index (χ1) is 12.8. The highest BCUT2D eigenvalue weighted by molar-refractivity contribution is 5.93. The van der Waals surface area contributed by atoms with Gasteiger partial charge in [-0.2, -0.15) is 0 Å². The summed E-state index contributed by atoms with van der Waals surface area (Å²) in [5.74, 6) is -0.500. The van der Waals surface area contributed by atoms with E-state index in [4.69, 9.17) is 4.74 Å². The number of amides is 2. The van der Waals surface area contributed by atoms with E-state index >= 15 is 0 Å². The van der Waals surface area contributed by atoms with E-state index in [1.807, 2.05) is 42.7 Å². The Bertz CT molecular complexity index is 687. The van der Waals surface area contributed by atoms with E-state index < -0.39 is 5.60 Å². The van der Waals surface area contributed by atoms with Gasteiger partial charge in [0.1, 0.15) is 5.60 Å². The normalized spacial score (nSPS) is 39.2. The third-order valence-electron chi connectivity index (χ3n) is 7.28. The zero-order valence-electron chi connectivity index (χ0n) is 16.7. The fourth-order valence-corrected chi connectivity index (χ4v) is 5.71. The van der Waals surface area contributed by atoms with Gasteiger partial charge >= 0.3 is 0 Å². The summed E-state index contributed by atoms with van der Waals surface area (Å²) in [6.07, 6.45) is 7.70. The number of fused-ring (bicyclic) bond motifs is 1. The van der Waals surface area contributed by atoms with Crippen LogP contribution in [0.15, 0.2) is 12.2 Å². The van der Waals surface area contributed by atoms with E-state index in [0.29, 0.717) is 12.6 Å². The van der Waals surface area contributed by atoms with Gasteiger partial charge in [0.15, 0.2) is 0 Å². The molecule has 27 heavy (non-hydrogen) atoms. The summed E-state index contributed by atoms with van der Waals surface area (Å²) < 4.78 is 6.24. The Morgan fingerprint density at radius 2 is 1.89 bits per heavy atom. The molecule has 5 aliphatic rings. The molecular formula is C21H31N3O3. The second-order valence-electron chi connectivity index (χ2n) is 9.99. The van der Waals surface area contributed by atoms with Gasteiger partial charge in [0.2, 0.25) is 11.8 Å². The molecule has 5 heterocycles. The molecule has 1 spiro atoms. The molecule has 2 amide bonds. The van der Waals surface area contributed by atoms with Crippen molar-refractivity contribution in [2.24, 2.45) is 11.8 Å². The molecule has 0 aromatic heterocycles. The highest BCUT2D eigenvalue weighted by Crippen LogP contribution is 2.53. The lowest BCUT2D eigenvalue weighted by molar-refractivity contribution is -0.150. The first-order valence-corrected chi connectivity index (χ1v) is 10.5. The Morgan fingerprint density at radius 3 is 2.56 bits per heavy atom. The first kappa shape index (κ1) is 17.7. The molecule has 0 aromatic rings. The van der Waals surface area contributed by atoms with Crippen molar-refractivity contribution in [3.8, 4) is 0 Å². The average Bonchev–Trinajstić information content (AvgIpc) is 3.22. The lowest BCUT2D eigenvalue weighted by atomic mass is 9.76. The highest BCUT2D eigenvalue weighted by Gasteiger charge is 2.68. The van der Waals surface area contributed by atoms with E-state index in [1.54, 1.807) is 0 Å². The van der Waals surface area contributed by atoms with Crippen LogP contribution in [0.5, 0.6) is 0 Å². The minimum atomic E-state index is -0.591. The maximum Gasteiger partial charge on any atom is 0.230 e. The van der Waals surface area contributed by atoms with Crippen LogP contribution in [-0.4, -0.2) is 82.5 Å². The van der Waals surface area contributed by atoms with Gasteiger partial charge in [0.05, 0.1) is 24.5 Å². The zero-order chi connectivity index (χ0) is 19.0. The molecule has 0 N–H and O–H groups in total. The van der Waals surface area contributed by atoms with Gasteiger partial charge in [-0.15, -0.1) is 0 Å². The lowest BCUT2D eigenvalue weighted by Crippen LogP contribution is -2.64. The second-order valence-corrected chi connectivity index (χ2v) is 9.99. The summed E-state index contributed by atoms with van der Waals surface area (Å²) in [7, 11) is 0. The topological polar surface area (TPSA) is 53.1 Å². The van der Waals surface area contributed by atoms with Crippen molar-refractivity contribution in [1.29, 1.82) is 0 Å². The van der Waals surface area contributed by atoms with E-state index in [0.717, 1.165) is 26.2 Å². The summed E-state index contributed by atoms with van der Waals surface area (Å²) in [4.78, 5) is 32.9. The number of carbonyl (C=O) groups excluding carboxylic acids is 2. The maximum absolute atomic E-state index is 13.3. The number of carbonyl (C=O) groups is 2. The quantitative estimate of drug-likeness (QED) is 0.684. The van der Waals surface area contributed by atoms with Crippen molar-refractivity contribution in [3.63, 3.8) is 0 Å². The summed E-state index contributed by atoms with van der Waals surface area (Å²) in [6.45, 7) is 10.7. The fourth-order valence-electron chi connectivity index (χ4n) is 5.71. The van der Waals surface area contributed by atoms with Crippen LogP contribution in [0.3, 0.4) is 0 Å². The van der Waals surface area contributed by atoms with Gasteiger partial charge in [-0.3, -0.25) is 14.5 Å². The molecule has 6 heteroatoms. The number of piperidine rings is 1. The SMILES string of the molecule is CC(C)(C)N1C[C@]23C=C[C@H](O2)[C@@H](C(=O)N2CC(N4CCCCC4)C2)[C@H]3C1=O. The van der Waals surface area contributed by atoms with Crippen LogP contribution in [0, 0.1) is 11.8 Å². The monoisotopic (exact) mass is 373 g/mol.